The molecule has 0 aliphatic carbocycles. The zero-order valence-electron chi connectivity index (χ0n) is 16.1. The molecule has 0 saturated carbocycles. The predicted octanol–water partition coefficient (Wildman–Crippen LogP) is 4.21. The highest BCUT2D eigenvalue weighted by Crippen LogP contribution is 2.21. The van der Waals surface area contributed by atoms with Crippen molar-refractivity contribution in [1.29, 1.82) is 0 Å². The van der Waals surface area contributed by atoms with Gasteiger partial charge in [0.2, 0.25) is 5.91 Å². The summed E-state index contributed by atoms with van der Waals surface area (Å²) in [4.78, 5) is 23.1. The largest absolute Gasteiger partial charge is 0.357 e. The summed E-state index contributed by atoms with van der Waals surface area (Å²) in [6.45, 7) is 7.84. The first-order chi connectivity index (χ1) is 13.0. The third kappa shape index (κ3) is 7.39. The van der Waals surface area contributed by atoms with Gasteiger partial charge in [-0.15, -0.1) is 0 Å². The van der Waals surface area contributed by atoms with Gasteiger partial charge >= 0.3 is 0 Å². The van der Waals surface area contributed by atoms with E-state index < -0.39 is 0 Å². The molecule has 0 aliphatic rings. The van der Waals surface area contributed by atoms with Crippen molar-refractivity contribution in [3.05, 3.63) is 47.1 Å². The SMILES string of the molecule is CCN(CC)c1cc(Cl)nc(SCC(=O)N[C@@H](C)CCc2ccccc2)n1. The first-order valence-electron chi connectivity index (χ1n) is 9.27. The van der Waals surface area contributed by atoms with Crippen molar-refractivity contribution >= 4 is 35.1 Å². The summed E-state index contributed by atoms with van der Waals surface area (Å²) >= 11 is 7.42. The van der Waals surface area contributed by atoms with Gasteiger partial charge in [0.25, 0.3) is 0 Å². The van der Waals surface area contributed by atoms with E-state index in [4.69, 9.17) is 11.6 Å². The molecular weight excluding hydrogens is 380 g/mol. The second-order valence-corrected chi connectivity index (χ2v) is 7.61. The minimum Gasteiger partial charge on any atom is -0.357 e. The second-order valence-electron chi connectivity index (χ2n) is 6.29. The molecule has 1 amide bonds. The molecule has 1 atom stereocenters. The van der Waals surface area contributed by atoms with Crippen LogP contribution >= 0.6 is 23.4 Å². The molecule has 2 rings (SSSR count). The number of aryl methyl sites for hydroxylation is 1. The van der Waals surface area contributed by atoms with Crippen molar-refractivity contribution in [3.63, 3.8) is 0 Å². The van der Waals surface area contributed by atoms with Crippen LogP contribution in [0, 0.1) is 0 Å². The summed E-state index contributed by atoms with van der Waals surface area (Å²) < 4.78 is 0. The van der Waals surface area contributed by atoms with E-state index in [0.717, 1.165) is 31.7 Å². The highest BCUT2D eigenvalue weighted by Gasteiger charge is 2.12. The van der Waals surface area contributed by atoms with E-state index >= 15 is 0 Å². The normalized spacial score (nSPS) is 11.9. The first-order valence-corrected chi connectivity index (χ1v) is 10.6. The number of hydrogen-bond donors (Lipinski definition) is 1. The standard InChI is InChI=1S/C20H27ClN4OS/c1-4-25(5-2)18-13-17(21)23-20(24-18)27-14-19(26)22-15(3)11-12-16-9-7-6-8-10-16/h6-10,13,15H,4-5,11-12,14H2,1-3H3,(H,22,26)/t15-/m0/s1. The van der Waals surface area contributed by atoms with Gasteiger partial charge in [0.05, 0.1) is 5.75 Å². The average Bonchev–Trinajstić information content (AvgIpc) is 2.66. The number of halogens is 1. The maximum absolute atomic E-state index is 12.2. The Morgan fingerprint density at radius 2 is 1.93 bits per heavy atom. The summed E-state index contributed by atoms with van der Waals surface area (Å²) in [5.41, 5.74) is 1.28. The van der Waals surface area contributed by atoms with E-state index in [0.29, 0.717) is 10.3 Å². The van der Waals surface area contributed by atoms with Crippen molar-refractivity contribution in [3.8, 4) is 0 Å². The van der Waals surface area contributed by atoms with Crippen molar-refractivity contribution in [1.82, 2.24) is 15.3 Å². The lowest BCUT2D eigenvalue weighted by atomic mass is 10.1. The lowest BCUT2D eigenvalue weighted by Gasteiger charge is -2.20. The molecule has 0 fully saturated rings. The Bertz CT molecular complexity index is 725. The fourth-order valence-electron chi connectivity index (χ4n) is 2.71. The molecule has 1 heterocycles. The van der Waals surface area contributed by atoms with Crippen molar-refractivity contribution in [2.45, 2.75) is 44.8 Å². The number of aromatic nitrogens is 2. The molecule has 7 heteroatoms. The van der Waals surface area contributed by atoms with Crippen molar-refractivity contribution < 1.29 is 4.79 Å². The Morgan fingerprint density at radius 3 is 2.59 bits per heavy atom. The molecular formula is C20H27ClN4OS. The predicted molar refractivity (Wildman–Crippen MR) is 114 cm³/mol. The maximum Gasteiger partial charge on any atom is 0.230 e. The van der Waals surface area contributed by atoms with Crippen LogP contribution < -0.4 is 10.2 Å². The highest BCUT2D eigenvalue weighted by atomic mass is 35.5. The van der Waals surface area contributed by atoms with E-state index in [1.165, 1.54) is 17.3 Å². The van der Waals surface area contributed by atoms with E-state index in [1.54, 1.807) is 6.07 Å². The van der Waals surface area contributed by atoms with Crippen LogP contribution in [0.15, 0.2) is 41.6 Å². The number of thioether (sulfide) groups is 1. The molecule has 0 bridgehead atoms. The Morgan fingerprint density at radius 1 is 1.22 bits per heavy atom. The lowest BCUT2D eigenvalue weighted by molar-refractivity contribution is -0.119. The van der Waals surface area contributed by atoms with Crippen molar-refractivity contribution in [2.75, 3.05) is 23.7 Å². The number of nitrogens with one attached hydrogen (secondary N) is 1. The minimum absolute atomic E-state index is 0.0199. The minimum atomic E-state index is -0.0199. The average molecular weight is 407 g/mol. The fourth-order valence-corrected chi connectivity index (χ4v) is 3.60. The number of benzene rings is 1. The van der Waals surface area contributed by atoms with E-state index in [2.05, 4.69) is 46.2 Å². The lowest BCUT2D eigenvalue weighted by Crippen LogP contribution is -2.34. The molecule has 0 saturated heterocycles. The topological polar surface area (TPSA) is 58.1 Å². The van der Waals surface area contributed by atoms with Gasteiger partial charge in [-0.05, 0) is 39.2 Å². The monoisotopic (exact) mass is 406 g/mol. The molecule has 0 unspecified atom stereocenters. The summed E-state index contributed by atoms with van der Waals surface area (Å²) in [5.74, 6) is 1.04. The zero-order chi connectivity index (χ0) is 19.6. The molecule has 5 nitrogen and oxygen atoms in total. The van der Waals surface area contributed by atoms with Crippen LogP contribution in [0.3, 0.4) is 0 Å². The van der Waals surface area contributed by atoms with Gasteiger partial charge in [-0.25, -0.2) is 9.97 Å². The maximum atomic E-state index is 12.2. The van der Waals surface area contributed by atoms with Crippen molar-refractivity contribution in [2.24, 2.45) is 0 Å². The molecule has 27 heavy (non-hydrogen) atoms. The van der Waals surface area contributed by atoms with Gasteiger partial charge in [0.15, 0.2) is 5.16 Å². The molecule has 0 aliphatic heterocycles. The Balaban J connectivity index is 1.82. The van der Waals surface area contributed by atoms with Gasteiger partial charge in [0, 0.05) is 25.2 Å². The number of carbonyl (C=O) groups is 1. The molecule has 1 aromatic heterocycles. The number of carbonyl (C=O) groups excluding carboxylic acids is 1. The summed E-state index contributed by atoms with van der Waals surface area (Å²) in [5, 5.41) is 3.95. The summed E-state index contributed by atoms with van der Waals surface area (Å²) in [6.07, 6.45) is 1.85. The third-order valence-electron chi connectivity index (χ3n) is 4.20. The van der Waals surface area contributed by atoms with E-state index in [1.807, 2.05) is 25.1 Å². The molecule has 0 spiro atoms. The van der Waals surface area contributed by atoms with Crippen LogP contribution in [0.2, 0.25) is 5.15 Å². The molecule has 1 aromatic carbocycles. The second kappa shape index (κ2) is 11.1. The Kier molecular flexibility index (Phi) is 8.88. The quantitative estimate of drug-likeness (QED) is 0.364. The van der Waals surface area contributed by atoms with Crippen LogP contribution in [0.25, 0.3) is 0 Å². The van der Waals surface area contributed by atoms with Crippen LogP contribution in [-0.4, -0.2) is 40.8 Å². The van der Waals surface area contributed by atoms with Crippen LogP contribution in [0.4, 0.5) is 5.82 Å². The first kappa shape index (κ1) is 21.5. The van der Waals surface area contributed by atoms with Gasteiger partial charge in [-0.2, -0.15) is 0 Å². The Labute approximate surface area is 170 Å². The van der Waals surface area contributed by atoms with Gasteiger partial charge in [-0.3, -0.25) is 4.79 Å². The van der Waals surface area contributed by atoms with Gasteiger partial charge in [-0.1, -0.05) is 53.7 Å². The van der Waals surface area contributed by atoms with Crippen LogP contribution in [-0.2, 0) is 11.2 Å². The molecule has 2 aromatic rings. The number of rotatable bonds is 10. The number of nitrogens with zero attached hydrogens (tertiary/aromatic N) is 3. The smallest absolute Gasteiger partial charge is 0.230 e. The number of hydrogen-bond acceptors (Lipinski definition) is 5. The molecule has 0 radical (unpaired) electrons. The highest BCUT2D eigenvalue weighted by molar-refractivity contribution is 7.99. The summed E-state index contributed by atoms with van der Waals surface area (Å²) in [7, 11) is 0. The molecule has 146 valence electrons. The molecule has 1 N–H and O–H groups in total. The van der Waals surface area contributed by atoms with Gasteiger partial charge in [0.1, 0.15) is 11.0 Å². The Hall–Kier alpha value is -1.79. The van der Waals surface area contributed by atoms with Crippen LogP contribution in [0.1, 0.15) is 32.8 Å². The zero-order valence-corrected chi connectivity index (χ0v) is 17.7. The number of anilines is 1. The number of amides is 1. The van der Waals surface area contributed by atoms with E-state index in [-0.39, 0.29) is 17.7 Å². The third-order valence-corrected chi connectivity index (χ3v) is 5.24. The van der Waals surface area contributed by atoms with Crippen LogP contribution in [0.5, 0.6) is 0 Å². The van der Waals surface area contributed by atoms with Gasteiger partial charge < -0.3 is 10.2 Å². The fraction of sp³-hybridized carbons (Fsp3) is 0.450. The summed E-state index contributed by atoms with van der Waals surface area (Å²) in [6, 6.07) is 12.2. The van der Waals surface area contributed by atoms with E-state index in [9.17, 15) is 4.79 Å².